The molecule has 2 nitrogen and oxygen atoms in total. The van der Waals surface area contributed by atoms with Gasteiger partial charge >= 0.3 is 0 Å². The molecule has 2 rings (SSSR count). The zero-order valence-electron chi connectivity index (χ0n) is 10.5. The lowest BCUT2D eigenvalue weighted by atomic mass is 9.75. The molecule has 0 bridgehead atoms. The van der Waals surface area contributed by atoms with Crippen LogP contribution in [0.3, 0.4) is 0 Å². The molecule has 1 aromatic rings. The van der Waals surface area contributed by atoms with Crippen molar-refractivity contribution in [3.05, 3.63) is 30.1 Å². The van der Waals surface area contributed by atoms with Gasteiger partial charge in [-0.15, -0.1) is 0 Å². The summed E-state index contributed by atoms with van der Waals surface area (Å²) in [7, 11) is 0. The number of benzene rings is 1. The molecular formula is C14H20FNO. The van der Waals surface area contributed by atoms with E-state index in [9.17, 15) is 9.50 Å². The van der Waals surface area contributed by atoms with E-state index in [0.717, 1.165) is 24.9 Å². The first-order valence-electron chi connectivity index (χ1n) is 6.14. The van der Waals surface area contributed by atoms with Crippen molar-refractivity contribution in [1.82, 2.24) is 0 Å². The first-order chi connectivity index (χ1) is 7.99. The number of aliphatic hydroxyl groups is 1. The normalized spacial score (nSPS) is 27.1. The molecule has 1 saturated carbocycles. The highest BCUT2D eigenvalue weighted by Gasteiger charge is 2.48. The molecule has 0 spiro atoms. The zero-order chi connectivity index (χ0) is 12.5. The Hall–Kier alpha value is -1.09. The Bertz CT molecular complexity index is 388. The third kappa shape index (κ3) is 2.16. The first kappa shape index (κ1) is 12.4. The Kier molecular flexibility index (Phi) is 3.13. The van der Waals surface area contributed by atoms with Crippen LogP contribution in [0.2, 0.25) is 0 Å². The maximum Gasteiger partial charge on any atom is 0.123 e. The highest BCUT2D eigenvalue weighted by atomic mass is 19.1. The summed E-state index contributed by atoms with van der Waals surface area (Å²) in [6.45, 7) is 4.46. The zero-order valence-corrected chi connectivity index (χ0v) is 10.5. The minimum absolute atomic E-state index is 0.0517. The average Bonchev–Trinajstić information content (AvgIpc) is 2.58. The minimum Gasteiger partial charge on any atom is -0.394 e. The fourth-order valence-corrected chi connectivity index (χ4v) is 2.78. The summed E-state index contributed by atoms with van der Waals surface area (Å²) in [6.07, 6.45) is 3.16. The summed E-state index contributed by atoms with van der Waals surface area (Å²) >= 11 is 0. The first-order valence-corrected chi connectivity index (χ1v) is 6.14. The van der Waals surface area contributed by atoms with Gasteiger partial charge in [0.15, 0.2) is 0 Å². The molecule has 1 fully saturated rings. The molecule has 94 valence electrons. The summed E-state index contributed by atoms with van der Waals surface area (Å²) in [4.78, 5) is 0. The Morgan fingerprint density at radius 1 is 1.24 bits per heavy atom. The second kappa shape index (κ2) is 4.30. The van der Waals surface area contributed by atoms with Crippen molar-refractivity contribution in [2.24, 2.45) is 5.41 Å². The SMILES string of the molecule is CC1(C)CCCC1(CO)Nc1ccc(F)cc1. The van der Waals surface area contributed by atoms with Gasteiger partial charge in [0, 0.05) is 5.69 Å². The summed E-state index contributed by atoms with van der Waals surface area (Å²) in [5, 5.41) is 13.1. The minimum atomic E-state index is -0.287. The van der Waals surface area contributed by atoms with Gasteiger partial charge in [0.25, 0.3) is 0 Å². The van der Waals surface area contributed by atoms with Crippen molar-refractivity contribution in [2.75, 3.05) is 11.9 Å². The van der Waals surface area contributed by atoms with Crippen LogP contribution in [-0.4, -0.2) is 17.3 Å². The van der Waals surface area contributed by atoms with Crippen LogP contribution in [-0.2, 0) is 0 Å². The molecule has 0 saturated heterocycles. The molecule has 0 aromatic heterocycles. The van der Waals surface area contributed by atoms with E-state index in [2.05, 4.69) is 19.2 Å². The van der Waals surface area contributed by atoms with Crippen LogP contribution in [0.25, 0.3) is 0 Å². The third-order valence-electron chi connectivity index (χ3n) is 4.20. The van der Waals surface area contributed by atoms with Gasteiger partial charge in [-0.1, -0.05) is 20.3 Å². The Balaban J connectivity index is 2.23. The number of anilines is 1. The molecule has 0 amide bonds. The molecule has 0 aliphatic heterocycles. The van der Waals surface area contributed by atoms with Crippen molar-refractivity contribution >= 4 is 5.69 Å². The lowest BCUT2D eigenvalue weighted by molar-refractivity contribution is 0.128. The number of aliphatic hydroxyl groups excluding tert-OH is 1. The van der Waals surface area contributed by atoms with E-state index in [-0.39, 0.29) is 23.4 Å². The molecule has 1 aliphatic rings. The van der Waals surface area contributed by atoms with Gasteiger partial charge in [-0.2, -0.15) is 0 Å². The fraction of sp³-hybridized carbons (Fsp3) is 0.571. The second-order valence-electron chi connectivity index (χ2n) is 5.61. The van der Waals surface area contributed by atoms with Crippen LogP contribution in [0.15, 0.2) is 24.3 Å². The highest BCUT2D eigenvalue weighted by Crippen LogP contribution is 2.47. The van der Waals surface area contributed by atoms with E-state index in [1.54, 1.807) is 12.1 Å². The number of rotatable bonds is 3. The average molecular weight is 237 g/mol. The van der Waals surface area contributed by atoms with Gasteiger partial charge in [-0.25, -0.2) is 4.39 Å². The summed E-state index contributed by atoms with van der Waals surface area (Å²) < 4.78 is 12.9. The predicted octanol–water partition coefficient (Wildman–Crippen LogP) is 3.18. The highest BCUT2D eigenvalue weighted by molar-refractivity contribution is 5.46. The predicted molar refractivity (Wildman–Crippen MR) is 67.5 cm³/mol. The quantitative estimate of drug-likeness (QED) is 0.846. The summed E-state index contributed by atoms with van der Waals surface area (Å²) in [6, 6.07) is 6.33. The standard InChI is InChI=1S/C14H20FNO/c1-13(2)8-3-9-14(13,10-17)16-12-6-4-11(15)5-7-12/h4-7,16-17H,3,8-10H2,1-2H3. The van der Waals surface area contributed by atoms with Gasteiger partial charge in [0.1, 0.15) is 5.82 Å². The topological polar surface area (TPSA) is 32.3 Å². The van der Waals surface area contributed by atoms with Gasteiger partial charge in [0.2, 0.25) is 0 Å². The molecule has 1 aliphatic carbocycles. The van der Waals surface area contributed by atoms with Gasteiger partial charge in [-0.3, -0.25) is 0 Å². The van der Waals surface area contributed by atoms with Gasteiger partial charge < -0.3 is 10.4 Å². The number of halogens is 1. The Labute approximate surface area is 102 Å². The smallest absolute Gasteiger partial charge is 0.123 e. The van der Waals surface area contributed by atoms with E-state index >= 15 is 0 Å². The molecular weight excluding hydrogens is 217 g/mol. The molecule has 17 heavy (non-hydrogen) atoms. The van der Waals surface area contributed by atoms with Gasteiger partial charge in [-0.05, 0) is 42.5 Å². The van der Waals surface area contributed by atoms with Crippen LogP contribution >= 0.6 is 0 Å². The number of hydrogen-bond acceptors (Lipinski definition) is 2. The molecule has 1 atom stereocenters. The van der Waals surface area contributed by atoms with Crippen LogP contribution in [0.1, 0.15) is 33.1 Å². The molecule has 2 N–H and O–H groups in total. The second-order valence-corrected chi connectivity index (χ2v) is 5.61. The van der Waals surface area contributed by atoms with Crippen LogP contribution in [0.4, 0.5) is 10.1 Å². The summed E-state index contributed by atoms with van der Waals surface area (Å²) in [5.74, 6) is -0.237. The fourth-order valence-electron chi connectivity index (χ4n) is 2.78. The van der Waals surface area contributed by atoms with Crippen LogP contribution in [0, 0.1) is 11.2 Å². The maximum atomic E-state index is 12.9. The van der Waals surface area contributed by atoms with E-state index in [1.807, 2.05) is 0 Å². The van der Waals surface area contributed by atoms with Crippen molar-refractivity contribution in [2.45, 2.75) is 38.6 Å². The Morgan fingerprint density at radius 2 is 1.88 bits per heavy atom. The van der Waals surface area contributed by atoms with Crippen molar-refractivity contribution in [3.63, 3.8) is 0 Å². The monoisotopic (exact) mass is 237 g/mol. The maximum absolute atomic E-state index is 12.9. The van der Waals surface area contributed by atoms with E-state index in [1.165, 1.54) is 12.1 Å². The third-order valence-corrected chi connectivity index (χ3v) is 4.20. The molecule has 0 radical (unpaired) electrons. The van der Waals surface area contributed by atoms with E-state index < -0.39 is 0 Å². The Morgan fingerprint density at radius 3 is 2.35 bits per heavy atom. The lowest BCUT2D eigenvalue weighted by Crippen LogP contribution is -2.50. The number of nitrogens with one attached hydrogen (secondary N) is 1. The molecule has 0 heterocycles. The van der Waals surface area contributed by atoms with Crippen molar-refractivity contribution < 1.29 is 9.50 Å². The van der Waals surface area contributed by atoms with E-state index in [4.69, 9.17) is 0 Å². The van der Waals surface area contributed by atoms with Crippen molar-refractivity contribution in [1.29, 1.82) is 0 Å². The molecule has 3 heteroatoms. The molecule has 1 unspecified atom stereocenters. The van der Waals surface area contributed by atoms with Crippen LogP contribution < -0.4 is 5.32 Å². The van der Waals surface area contributed by atoms with Crippen molar-refractivity contribution in [3.8, 4) is 0 Å². The number of hydrogen-bond donors (Lipinski definition) is 2. The lowest BCUT2D eigenvalue weighted by Gasteiger charge is -2.41. The molecule has 1 aromatic carbocycles. The van der Waals surface area contributed by atoms with E-state index in [0.29, 0.717) is 0 Å². The largest absolute Gasteiger partial charge is 0.394 e. The van der Waals surface area contributed by atoms with Gasteiger partial charge in [0.05, 0.1) is 12.1 Å². The summed E-state index contributed by atoms with van der Waals surface area (Å²) in [5.41, 5.74) is 0.636. The van der Waals surface area contributed by atoms with Crippen LogP contribution in [0.5, 0.6) is 0 Å².